The number of anilines is 1. The van der Waals surface area contributed by atoms with E-state index in [1.807, 2.05) is 42.1 Å². The molecule has 1 aliphatic rings. The molecule has 1 aliphatic heterocycles. The minimum Gasteiger partial charge on any atom is -0.311 e. The minimum atomic E-state index is -0.263. The van der Waals surface area contributed by atoms with Gasteiger partial charge in [-0.2, -0.15) is 4.98 Å². The molecule has 5 nitrogen and oxygen atoms in total. The summed E-state index contributed by atoms with van der Waals surface area (Å²) in [6, 6.07) is 8.00. The van der Waals surface area contributed by atoms with E-state index >= 15 is 0 Å². The van der Waals surface area contributed by atoms with E-state index in [0.717, 1.165) is 10.5 Å². The largest absolute Gasteiger partial charge is 0.311 e. The Hall–Kier alpha value is -2.12. The number of hydrogen-bond acceptors (Lipinski definition) is 5. The number of benzene rings is 1. The van der Waals surface area contributed by atoms with Gasteiger partial charge in [-0.05, 0) is 24.0 Å². The van der Waals surface area contributed by atoms with Crippen molar-refractivity contribution in [1.82, 2.24) is 9.38 Å². The minimum absolute atomic E-state index is 0.0814. The van der Waals surface area contributed by atoms with Gasteiger partial charge in [-0.3, -0.25) is 14.0 Å². The molecule has 23 heavy (non-hydrogen) atoms. The second kappa shape index (κ2) is 5.50. The van der Waals surface area contributed by atoms with Gasteiger partial charge < -0.3 is 5.32 Å². The van der Waals surface area contributed by atoms with Crippen LogP contribution in [0, 0.1) is 0 Å². The molecule has 0 fully saturated rings. The van der Waals surface area contributed by atoms with Crippen LogP contribution in [0.4, 0.5) is 5.82 Å². The van der Waals surface area contributed by atoms with Crippen molar-refractivity contribution in [3.63, 3.8) is 0 Å². The van der Waals surface area contributed by atoms with E-state index in [4.69, 9.17) is 0 Å². The molecule has 0 saturated heterocycles. The maximum Gasteiger partial charge on any atom is 0.279 e. The predicted molar refractivity (Wildman–Crippen MR) is 92.7 cm³/mol. The lowest BCUT2D eigenvalue weighted by Crippen LogP contribution is -2.31. The third-order valence-corrected chi connectivity index (χ3v) is 5.53. The fourth-order valence-electron chi connectivity index (χ4n) is 2.93. The first-order valence-electron chi connectivity index (χ1n) is 7.11. The van der Waals surface area contributed by atoms with Gasteiger partial charge in [0, 0.05) is 28.8 Å². The summed E-state index contributed by atoms with van der Waals surface area (Å²) in [5.74, 6) is 0.213. The molecular weight excluding hydrogens is 330 g/mol. The summed E-state index contributed by atoms with van der Waals surface area (Å²) < 4.78 is 1.78. The zero-order chi connectivity index (χ0) is 16.0. The molecule has 0 saturated carbocycles. The molecule has 0 bridgehead atoms. The summed E-state index contributed by atoms with van der Waals surface area (Å²) in [6.45, 7) is 0. The topological polar surface area (TPSA) is 63.5 Å². The first-order valence-corrected chi connectivity index (χ1v) is 9.21. The smallest absolute Gasteiger partial charge is 0.279 e. The van der Waals surface area contributed by atoms with E-state index in [1.54, 1.807) is 16.2 Å². The van der Waals surface area contributed by atoms with Crippen LogP contribution in [0.2, 0.25) is 0 Å². The number of thioether (sulfide) groups is 1. The average Bonchev–Trinajstić information content (AvgIpc) is 3.02. The van der Waals surface area contributed by atoms with Gasteiger partial charge in [-0.15, -0.1) is 23.1 Å². The number of carbonyl (C=O) groups excluding carboxylic acids is 1. The Bertz CT molecular complexity index is 960. The van der Waals surface area contributed by atoms with Crippen molar-refractivity contribution in [1.29, 1.82) is 0 Å². The van der Waals surface area contributed by atoms with Crippen LogP contribution in [0.5, 0.6) is 0 Å². The molecule has 3 heterocycles. The Kier molecular flexibility index (Phi) is 3.46. The number of thiazole rings is 1. The third-order valence-electron chi connectivity index (χ3n) is 4.03. The molecule has 3 aromatic rings. The van der Waals surface area contributed by atoms with Crippen LogP contribution >= 0.6 is 23.1 Å². The lowest BCUT2D eigenvalue weighted by atomic mass is 9.87. The highest BCUT2D eigenvalue weighted by atomic mass is 32.2. The Morgan fingerprint density at radius 3 is 2.83 bits per heavy atom. The average molecular weight is 343 g/mol. The molecule has 2 aromatic heterocycles. The van der Waals surface area contributed by atoms with Gasteiger partial charge >= 0.3 is 0 Å². The number of amides is 1. The van der Waals surface area contributed by atoms with Crippen LogP contribution in [-0.4, -0.2) is 21.5 Å². The first kappa shape index (κ1) is 14.5. The monoisotopic (exact) mass is 343 g/mol. The molecule has 1 amide bonds. The van der Waals surface area contributed by atoms with Gasteiger partial charge in [0.2, 0.25) is 5.91 Å². The Morgan fingerprint density at radius 1 is 1.30 bits per heavy atom. The van der Waals surface area contributed by atoms with Crippen LogP contribution in [0.3, 0.4) is 0 Å². The molecule has 1 atom stereocenters. The van der Waals surface area contributed by atoms with Gasteiger partial charge in [-0.1, -0.05) is 12.1 Å². The van der Waals surface area contributed by atoms with Crippen molar-refractivity contribution in [2.24, 2.45) is 0 Å². The van der Waals surface area contributed by atoms with Crippen LogP contribution in [0.1, 0.15) is 23.5 Å². The Labute approximate surface area is 140 Å². The molecule has 1 aromatic carbocycles. The van der Waals surface area contributed by atoms with Crippen molar-refractivity contribution >= 4 is 39.8 Å². The highest BCUT2D eigenvalue weighted by Gasteiger charge is 2.31. The van der Waals surface area contributed by atoms with Crippen LogP contribution in [0.15, 0.2) is 45.5 Å². The zero-order valence-electron chi connectivity index (χ0n) is 12.3. The standard InChI is InChI=1S/C16H13N3O2S2/c1-22-10-4-2-9(3-5-10)11-8-12(20)17-14-13(11)15(21)18-16-19(14)6-7-23-16/h2-7,11H,8H2,1H3,(H,17,20)/t11-/m1/s1. The number of hydrogen-bond donors (Lipinski definition) is 1. The van der Waals surface area contributed by atoms with E-state index in [2.05, 4.69) is 10.3 Å². The quantitative estimate of drug-likeness (QED) is 0.727. The molecule has 1 N–H and O–H groups in total. The third kappa shape index (κ3) is 2.36. The van der Waals surface area contributed by atoms with Gasteiger partial charge in [-0.25, -0.2) is 0 Å². The molecule has 7 heteroatoms. The Balaban J connectivity index is 1.93. The lowest BCUT2D eigenvalue weighted by Gasteiger charge is -2.25. The van der Waals surface area contributed by atoms with E-state index < -0.39 is 0 Å². The van der Waals surface area contributed by atoms with Crippen LogP contribution in [0.25, 0.3) is 4.96 Å². The number of aromatic nitrogens is 2. The lowest BCUT2D eigenvalue weighted by molar-refractivity contribution is -0.116. The molecule has 0 unspecified atom stereocenters. The fraction of sp³-hybridized carbons (Fsp3) is 0.188. The number of fused-ring (bicyclic) bond motifs is 3. The molecule has 0 spiro atoms. The highest BCUT2D eigenvalue weighted by molar-refractivity contribution is 7.98. The molecular formula is C16H13N3O2S2. The Morgan fingerprint density at radius 2 is 2.09 bits per heavy atom. The van der Waals surface area contributed by atoms with Crippen LogP contribution in [-0.2, 0) is 4.79 Å². The highest BCUT2D eigenvalue weighted by Crippen LogP contribution is 2.35. The predicted octanol–water partition coefficient (Wildman–Crippen LogP) is 2.95. The van der Waals surface area contributed by atoms with Crippen molar-refractivity contribution in [2.45, 2.75) is 17.2 Å². The van der Waals surface area contributed by atoms with Crippen molar-refractivity contribution in [2.75, 3.05) is 11.6 Å². The van der Waals surface area contributed by atoms with Crippen LogP contribution < -0.4 is 10.9 Å². The SMILES string of the molecule is CSc1ccc([C@H]2CC(=O)Nc3c2c(=O)nc2sccn32)cc1. The summed E-state index contributed by atoms with van der Waals surface area (Å²) in [5.41, 5.74) is 1.27. The molecule has 4 rings (SSSR count). The molecule has 0 aliphatic carbocycles. The van der Waals surface area contributed by atoms with E-state index in [-0.39, 0.29) is 23.8 Å². The number of carbonyl (C=O) groups is 1. The van der Waals surface area contributed by atoms with E-state index in [0.29, 0.717) is 16.3 Å². The van der Waals surface area contributed by atoms with Gasteiger partial charge in [0.05, 0.1) is 5.56 Å². The van der Waals surface area contributed by atoms with E-state index in [1.165, 1.54) is 11.3 Å². The van der Waals surface area contributed by atoms with E-state index in [9.17, 15) is 9.59 Å². The summed E-state index contributed by atoms with van der Waals surface area (Å²) in [7, 11) is 0. The summed E-state index contributed by atoms with van der Waals surface area (Å²) in [5, 5.41) is 4.69. The van der Waals surface area contributed by atoms with Crippen molar-refractivity contribution in [3.8, 4) is 0 Å². The van der Waals surface area contributed by atoms with Gasteiger partial charge in [0.25, 0.3) is 5.56 Å². The maximum atomic E-state index is 12.5. The second-order valence-electron chi connectivity index (χ2n) is 5.31. The summed E-state index contributed by atoms with van der Waals surface area (Å²) >= 11 is 3.04. The van der Waals surface area contributed by atoms with Gasteiger partial charge in [0.1, 0.15) is 5.82 Å². The summed E-state index contributed by atoms with van der Waals surface area (Å²) in [6.07, 6.45) is 4.10. The number of nitrogens with one attached hydrogen (secondary N) is 1. The molecule has 116 valence electrons. The normalized spacial score (nSPS) is 17.1. The number of rotatable bonds is 2. The second-order valence-corrected chi connectivity index (χ2v) is 7.07. The first-order chi connectivity index (χ1) is 11.2. The zero-order valence-corrected chi connectivity index (χ0v) is 13.9. The fourth-order valence-corrected chi connectivity index (χ4v) is 4.05. The van der Waals surface area contributed by atoms with Crippen molar-refractivity contribution in [3.05, 3.63) is 57.3 Å². The number of nitrogens with zero attached hydrogens (tertiary/aromatic N) is 2. The van der Waals surface area contributed by atoms with Crippen molar-refractivity contribution < 1.29 is 4.79 Å². The van der Waals surface area contributed by atoms with Gasteiger partial charge in [0.15, 0.2) is 4.96 Å². The maximum absolute atomic E-state index is 12.5. The summed E-state index contributed by atoms with van der Waals surface area (Å²) in [4.78, 5) is 30.6. The molecule has 0 radical (unpaired) electrons.